The van der Waals surface area contributed by atoms with Gasteiger partial charge < -0.3 is 15.5 Å². The summed E-state index contributed by atoms with van der Waals surface area (Å²) in [6.45, 7) is 0.574. The van der Waals surface area contributed by atoms with Crippen molar-refractivity contribution in [2.45, 2.75) is 12.5 Å². The van der Waals surface area contributed by atoms with Crippen LogP contribution in [0.15, 0.2) is 18.2 Å². The number of benzene rings is 1. The number of nitro benzene ring substituents is 1. The topological polar surface area (TPSA) is 130 Å². The van der Waals surface area contributed by atoms with Crippen LogP contribution in [0.4, 0.5) is 5.69 Å². The van der Waals surface area contributed by atoms with E-state index in [2.05, 4.69) is 5.32 Å². The van der Waals surface area contributed by atoms with Crippen molar-refractivity contribution in [1.82, 2.24) is 5.32 Å². The first-order chi connectivity index (χ1) is 9.15. The van der Waals surface area contributed by atoms with Gasteiger partial charge >= 0.3 is 5.97 Å². The molecule has 0 saturated carbocycles. The highest BCUT2D eigenvalue weighted by Gasteiger charge is 2.30. The third-order valence-electron chi connectivity index (χ3n) is 2.46. The summed E-state index contributed by atoms with van der Waals surface area (Å²) in [6.07, 6.45) is 0. The number of rotatable bonds is 5. The number of carbonyl (C=O) groups excluding carboxylic acids is 1. The zero-order valence-electron chi connectivity index (χ0n) is 10.3. The Balaban J connectivity index is 2.84. The Kier molecular flexibility index (Phi) is 5.00. The first-order valence-electron chi connectivity index (χ1n) is 5.33. The third kappa shape index (κ3) is 3.87. The third-order valence-corrected chi connectivity index (χ3v) is 3.35. The number of aliphatic hydroxyl groups is 1. The van der Waals surface area contributed by atoms with Gasteiger partial charge in [-0.15, -0.1) is 0 Å². The van der Waals surface area contributed by atoms with Crippen LogP contribution >= 0.6 is 22.6 Å². The molecule has 1 amide bonds. The zero-order chi connectivity index (χ0) is 15.5. The fraction of sp³-hybridized carbons (Fsp3) is 0.273. The zero-order valence-corrected chi connectivity index (χ0v) is 12.4. The Morgan fingerprint density at radius 1 is 1.50 bits per heavy atom. The van der Waals surface area contributed by atoms with Crippen molar-refractivity contribution in [3.05, 3.63) is 37.4 Å². The quantitative estimate of drug-likeness (QED) is 0.384. The molecule has 0 fully saturated rings. The van der Waals surface area contributed by atoms with Gasteiger partial charge in [0.2, 0.25) is 0 Å². The molecule has 0 aliphatic carbocycles. The standard InChI is InChI=1S/C11H11IN2O6/c1-11(18,10(16)17)5-13-9(15)7-3-2-6(14(19)20)4-8(7)12/h2-4,18H,5H2,1H3,(H,13,15)(H,16,17). The van der Waals surface area contributed by atoms with Crippen molar-refractivity contribution < 1.29 is 24.7 Å². The van der Waals surface area contributed by atoms with Crippen molar-refractivity contribution in [2.24, 2.45) is 0 Å². The number of nitro groups is 1. The number of carboxylic acid groups (broad SMARTS) is 1. The number of halogens is 1. The summed E-state index contributed by atoms with van der Waals surface area (Å²) in [7, 11) is 0. The molecule has 0 aliphatic rings. The van der Waals surface area contributed by atoms with E-state index in [0.717, 1.165) is 6.92 Å². The molecule has 1 aromatic rings. The Hall–Kier alpha value is -1.75. The summed E-state index contributed by atoms with van der Waals surface area (Å²) < 4.78 is 0.351. The van der Waals surface area contributed by atoms with Gasteiger partial charge in [0.25, 0.3) is 11.6 Å². The Morgan fingerprint density at radius 3 is 2.55 bits per heavy atom. The van der Waals surface area contributed by atoms with Crippen LogP contribution < -0.4 is 5.32 Å². The van der Waals surface area contributed by atoms with Crippen LogP contribution in [0.1, 0.15) is 17.3 Å². The Morgan fingerprint density at radius 2 is 2.10 bits per heavy atom. The van der Waals surface area contributed by atoms with E-state index in [1.807, 2.05) is 0 Å². The summed E-state index contributed by atoms with van der Waals surface area (Å²) in [5.74, 6) is -2.08. The lowest BCUT2D eigenvalue weighted by Crippen LogP contribution is -2.46. The minimum Gasteiger partial charge on any atom is -0.479 e. The molecule has 0 saturated heterocycles. The van der Waals surface area contributed by atoms with Gasteiger partial charge in [-0.05, 0) is 35.6 Å². The van der Waals surface area contributed by atoms with Crippen molar-refractivity contribution in [3.8, 4) is 0 Å². The highest BCUT2D eigenvalue weighted by Crippen LogP contribution is 2.19. The maximum atomic E-state index is 11.8. The molecule has 0 bridgehead atoms. The summed E-state index contributed by atoms with van der Waals surface area (Å²) >= 11 is 1.76. The van der Waals surface area contributed by atoms with Crippen molar-refractivity contribution in [2.75, 3.05) is 6.54 Å². The van der Waals surface area contributed by atoms with Crippen LogP contribution in [-0.2, 0) is 4.79 Å². The molecule has 1 unspecified atom stereocenters. The highest BCUT2D eigenvalue weighted by atomic mass is 127. The van der Waals surface area contributed by atoms with Gasteiger partial charge in [0, 0.05) is 15.7 Å². The maximum Gasteiger partial charge on any atom is 0.337 e. The number of carbonyl (C=O) groups is 2. The summed E-state index contributed by atoms with van der Waals surface area (Å²) in [5.41, 5.74) is -2.07. The number of nitrogens with one attached hydrogen (secondary N) is 1. The summed E-state index contributed by atoms with van der Waals surface area (Å²) in [4.78, 5) is 32.5. The second-order valence-corrected chi connectivity index (χ2v) is 5.35. The second kappa shape index (κ2) is 6.13. The first-order valence-corrected chi connectivity index (χ1v) is 6.41. The molecule has 3 N–H and O–H groups in total. The number of hydrogen-bond acceptors (Lipinski definition) is 5. The average Bonchev–Trinajstić information content (AvgIpc) is 2.35. The fourth-order valence-corrected chi connectivity index (χ4v) is 1.97. The molecule has 0 aromatic heterocycles. The predicted molar refractivity (Wildman–Crippen MR) is 76.4 cm³/mol. The van der Waals surface area contributed by atoms with E-state index >= 15 is 0 Å². The van der Waals surface area contributed by atoms with E-state index in [0.29, 0.717) is 3.57 Å². The smallest absolute Gasteiger partial charge is 0.337 e. The van der Waals surface area contributed by atoms with Gasteiger partial charge in [0.05, 0.1) is 17.0 Å². The minimum atomic E-state index is -2.08. The summed E-state index contributed by atoms with van der Waals surface area (Å²) in [5, 5.41) is 31.0. The van der Waals surface area contributed by atoms with Gasteiger partial charge in [0.1, 0.15) is 0 Å². The highest BCUT2D eigenvalue weighted by molar-refractivity contribution is 14.1. The van der Waals surface area contributed by atoms with Gasteiger partial charge in [0.15, 0.2) is 5.60 Å². The van der Waals surface area contributed by atoms with Crippen molar-refractivity contribution in [3.63, 3.8) is 0 Å². The summed E-state index contributed by atoms with van der Waals surface area (Å²) in [6, 6.07) is 3.67. The lowest BCUT2D eigenvalue weighted by molar-refractivity contribution is -0.384. The van der Waals surface area contributed by atoms with E-state index in [-0.39, 0.29) is 11.3 Å². The number of carboxylic acids is 1. The maximum absolute atomic E-state index is 11.8. The molecule has 8 nitrogen and oxygen atoms in total. The van der Waals surface area contributed by atoms with E-state index in [1.165, 1.54) is 18.2 Å². The van der Waals surface area contributed by atoms with Crippen LogP contribution in [0.5, 0.6) is 0 Å². The van der Waals surface area contributed by atoms with Gasteiger partial charge in [-0.2, -0.15) is 0 Å². The van der Waals surface area contributed by atoms with E-state index in [1.54, 1.807) is 22.6 Å². The molecular formula is C11H11IN2O6. The molecule has 108 valence electrons. The van der Waals surface area contributed by atoms with Gasteiger partial charge in [-0.1, -0.05) is 0 Å². The molecule has 20 heavy (non-hydrogen) atoms. The molecule has 0 heterocycles. The van der Waals surface area contributed by atoms with Crippen LogP contribution in [0.25, 0.3) is 0 Å². The molecule has 0 aliphatic heterocycles. The number of non-ortho nitro benzene ring substituents is 1. The monoisotopic (exact) mass is 394 g/mol. The number of amides is 1. The second-order valence-electron chi connectivity index (χ2n) is 4.18. The van der Waals surface area contributed by atoms with E-state index in [9.17, 15) is 24.8 Å². The van der Waals surface area contributed by atoms with Crippen LogP contribution in [-0.4, -0.2) is 39.2 Å². The van der Waals surface area contributed by atoms with Gasteiger partial charge in [-0.25, -0.2) is 4.79 Å². The SMILES string of the molecule is CC(O)(CNC(=O)c1ccc([N+](=O)[O-])cc1I)C(=O)O. The molecule has 1 aromatic carbocycles. The number of hydrogen-bond donors (Lipinski definition) is 3. The normalized spacial score (nSPS) is 13.3. The Labute approximate surface area is 127 Å². The predicted octanol–water partition coefficient (Wildman–Crippen LogP) is 0.765. The molecule has 1 rings (SSSR count). The largest absolute Gasteiger partial charge is 0.479 e. The van der Waals surface area contributed by atoms with Crippen molar-refractivity contribution in [1.29, 1.82) is 0 Å². The average molecular weight is 394 g/mol. The number of nitrogens with zero attached hydrogens (tertiary/aromatic N) is 1. The molecule has 0 spiro atoms. The minimum absolute atomic E-state index is 0.150. The molecule has 9 heteroatoms. The Bertz CT molecular complexity index is 572. The fourth-order valence-electron chi connectivity index (χ4n) is 1.22. The van der Waals surface area contributed by atoms with Crippen LogP contribution in [0.2, 0.25) is 0 Å². The lowest BCUT2D eigenvalue weighted by atomic mass is 10.1. The van der Waals surface area contributed by atoms with Crippen molar-refractivity contribution >= 4 is 40.2 Å². The molecular weight excluding hydrogens is 383 g/mol. The van der Waals surface area contributed by atoms with Crippen LogP contribution in [0.3, 0.4) is 0 Å². The first kappa shape index (κ1) is 16.3. The van der Waals surface area contributed by atoms with Crippen LogP contribution in [0, 0.1) is 13.7 Å². The van der Waals surface area contributed by atoms with E-state index < -0.39 is 28.9 Å². The lowest BCUT2D eigenvalue weighted by Gasteiger charge is -2.18. The molecule has 0 radical (unpaired) electrons. The molecule has 1 atom stereocenters. The number of aliphatic carboxylic acids is 1. The van der Waals surface area contributed by atoms with E-state index in [4.69, 9.17) is 5.11 Å². The van der Waals surface area contributed by atoms with Gasteiger partial charge in [-0.3, -0.25) is 14.9 Å².